The van der Waals surface area contributed by atoms with Crippen molar-refractivity contribution in [1.82, 2.24) is 4.98 Å². The van der Waals surface area contributed by atoms with E-state index in [4.69, 9.17) is 11.6 Å². The van der Waals surface area contributed by atoms with Gasteiger partial charge in [-0.15, -0.1) is 0 Å². The van der Waals surface area contributed by atoms with E-state index in [-0.39, 0.29) is 11.2 Å². The largest absolute Gasteiger partial charge is 0.300 e. The summed E-state index contributed by atoms with van der Waals surface area (Å²) in [6.07, 6.45) is 3.11. The molecule has 6 heteroatoms. The maximum Gasteiger partial charge on any atom is 0.195 e. The van der Waals surface area contributed by atoms with Crippen molar-refractivity contribution >= 4 is 34.1 Å². The molecule has 0 saturated heterocycles. The van der Waals surface area contributed by atoms with Gasteiger partial charge in [0, 0.05) is 28.5 Å². The first kappa shape index (κ1) is 20.2. The molecule has 0 aliphatic heterocycles. The Hall–Kier alpha value is -2.50. The van der Waals surface area contributed by atoms with Gasteiger partial charge >= 0.3 is 0 Å². The molecule has 1 unspecified atom stereocenters. The van der Waals surface area contributed by atoms with Crippen molar-refractivity contribution in [2.24, 2.45) is 0 Å². The number of halogens is 1. The van der Waals surface area contributed by atoms with Crippen LogP contribution in [-0.4, -0.2) is 15.0 Å². The number of aromatic nitrogens is 1. The fourth-order valence-corrected chi connectivity index (χ4v) is 3.74. The summed E-state index contributed by atoms with van der Waals surface area (Å²) in [6.45, 7) is 6.38. The molecule has 0 saturated carbocycles. The third kappa shape index (κ3) is 4.66. The first-order valence-electron chi connectivity index (χ1n) is 8.79. The van der Waals surface area contributed by atoms with Gasteiger partial charge in [-0.2, -0.15) is 0 Å². The number of carbonyl (C=O) groups excluding carboxylic acids is 1. The Labute approximate surface area is 172 Å². The predicted molar refractivity (Wildman–Crippen MR) is 114 cm³/mol. The zero-order valence-corrected chi connectivity index (χ0v) is 17.5. The lowest BCUT2D eigenvalue weighted by molar-refractivity contribution is 0.103. The molecule has 1 heterocycles. The summed E-state index contributed by atoms with van der Waals surface area (Å²) >= 11 is 6.09. The Balaban J connectivity index is 1.88. The average molecular weight is 413 g/mol. The molecule has 4 nitrogen and oxygen atoms in total. The van der Waals surface area contributed by atoms with Gasteiger partial charge in [0.2, 0.25) is 0 Å². The van der Waals surface area contributed by atoms with Gasteiger partial charge < -0.3 is 4.72 Å². The van der Waals surface area contributed by atoms with E-state index in [0.717, 1.165) is 5.56 Å². The molecular formula is C22H21ClN2O2S. The van der Waals surface area contributed by atoms with Gasteiger partial charge in [-0.05, 0) is 53.4 Å². The van der Waals surface area contributed by atoms with Crippen molar-refractivity contribution in [2.45, 2.75) is 31.1 Å². The Bertz CT molecular complexity index is 1010. The predicted octanol–water partition coefficient (Wildman–Crippen LogP) is 5.40. The zero-order valence-electron chi connectivity index (χ0n) is 15.9. The first-order valence-corrected chi connectivity index (χ1v) is 10.3. The van der Waals surface area contributed by atoms with Gasteiger partial charge in [0.1, 0.15) is 11.0 Å². The van der Waals surface area contributed by atoms with Crippen LogP contribution in [0.4, 0.5) is 5.69 Å². The van der Waals surface area contributed by atoms with Gasteiger partial charge in [0.05, 0.1) is 10.6 Å². The highest BCUT2D eigenvalue weighted by Crippen LogP contribution is 2.26. The van der Waals surface area contributed by atoms with Crippen molar-refractivity contribution in [3.8, 4) is 0 Å². The Morgan fingerprint density at radius 2 is 1.64 bits per heavy atom. The smallest absolute Gasteiger partial charge is 0.195 e. The van der Waals surface area contributed by atoms with Crippen LogP contribution in [0.5, 0.6) is 0 Å². The number of rotatable bonds is 5. The molecule has 1 N–H and O–H groups in total. The lowest BCUT2D eigenvalue weighted by Gasteiger charge is -2.19. The normalized spacial score (nSPS) is 12.4. The van der Waals surface area contributed by atoms with Gasteiger partial charge in [-0.25, -0.2) is 4.21 Å². The van der Waals surface area contributed by atoms with Crippen LogP contribution in [-0.2, 0) is 16.4 Å². The highest BCUT2D eigenvalue weighted by atomic mass is 35.5. The highest BCUT2D eigenvalue weighted by molar-refractivity contribution is 7.86. The summed E-state index contributed by atoms with van der Waals surface area (Å²) in [5.41, 5.74) is 2.49. The van der Waals surface area contributed by atoms with Gasteiger partial charge in [0.15, 0.2) is 5.78 Å². The maximum absolute atomic E-state index is 12.9. The third-order valence-corrected chi connectivity index (χ3v) is 5.65. The van der Waals surface area contributed by atoms with Crippen molar-refractivity contribution < 1.29 is 9.00 Å². The highest BCUT2D eigenvalue weighted by Gasteiger charge is 2.17. The fourth-order valence-electron chi connectivity index (χ4n) is 2.69. The number of hydrogen-bond acceptors (Lipinski definition) is 3. The molecule has 0 radical (unpaired) electrons. The van der Waals surface area contributed by atoms with Crippen LogP contribution in [0.3, 0.4) is 0 Å². The molecule has 0 fully saturated rings. The van der Waals surface area contributed by atoms with Crippen LogP contribution < -0.4 is 4.72 Å². The summed E-state index contributed by atoms with van der Waals surface area (Å²) in [7, 11) is -1.52. The van der Waals surface area contributed by atoms with Crippen LogP contribution in [0, 0.1) is 0 Å². The quantitative estimate of drug-likeness (QED) is 0.571. The summed E-state index contributed by atoms with van der Waals surface area (Å²) < 4.78 is 15.8. The second-order valence-electron chi connectivity index (χ2n) is 7.40. The van der Waals surface area contributed by atoms with Gasteiger partial charge in [0.25, 0.3) is 0 Å². The fraction of sp³-hybridized carbons (Fsp3) is 0.182. The minimum absolute atomic E-state index is 0.0216. The lowest BCUT2D eigenvalue weighted by Crippen LogP contribution is -2.12. The molecule has 0 aliphatic carbocycles. The number of nitrogens with zero attached hydrogens (tertiary/aromatic N) is 1. The lowest BCUT2D eigenvalue weighted by atomic mass is 9.87. The molecule has 144 valence electrons. The second-order valence-corrected chi connectivity index (χ2v) is 9.05. The van der Waals surface area contributed by atoms with Crippen molar-refractivity contribution in [1.29, 1.82) is 0 Å². The monoisotopic (exact) mass is 412 g/mol. The number of pyridine rings is 1. The Morgan fingerprint density at radius 3 is 2.25 bits per heavy atom. The van der Waals surface area contributed by atoms with E-state index in [1.54, 1.807) is 42.7 Å². The number of anilines is 1. The maximum atomic E-state index is 12.9. The third-order valence-electron chi connectivity index (χ3n) is 4.31. The number of hydrogen-bond donors (Lipinski definition) is 1. The van der Waals surface area contributed by atoms with Crippen molar-refractivity contribution in [2.75, 3.05) is 4.72 Å². The minimum atomic E-state index is -1.52. The molecule has 3 aromatic rings. The zero-order chi connectivity index (χ0) is 20.3. The van der Waals surface area contributed by atoms with Gasteiger partial charge in [-0.1, -0.05) is 44.5 Å². The standard InChI is InChI=1S/C22H21ClN2O2S/c1-22(2,3)16-4-7-18(8-5-16)28(27)25-20-9-6-17(23)14-19(20)21(26)15-10-12-24-13-11-15/h4-14,25H,1-3H3. The van der Waals surface area contributed by atoms with Crippen LogP contribution in [0.1, 0.15) is 42.3 Å². The first-order chi connectivity index (χ1) is 13.3. The molecule has 1 aromatic heterocycles. The molecule has 28 heavy (non-hydrogen) atoms. The van der Waals surface area contributed by atoms with E-state index in [1.165, 1.54) is 0 Å². The number of ketones is 1. The van der Waals surface area contributed by atoms with E-state index in [1.807, 2.05) is 24.3 Å². The Kier molecular flexibility index (Phi) is 5.96. The molecule has 1 atom stereocenters. The molecular weight excluding hydrogens is 392 g/mol. The van der Waals surface area contributed by atoms with E-state index in [2.05, 4.69) is 30.5 Å². The van der Waals surface area contributed by atoms with Gasteiger partial charge in [-0.3, -0.25) is 9.78 Å². The SMILES string of the molecule is CC(C)(C)c1ccc(S(=O)Nc2ccc(Cl)cc2C(=O)c2ccncc2)cc1. The summed E-state index contributed by atoms with van der Waals surface area (Å²) in [5.74, 6) is -0.215. The summed E-state index contributed by atoms with van der Waals surface area (Å²) in [5, 5.41) is 0.434. The van der Waals surface area contributed by atoms with E-state index < -0.39 is 11.0 Å². The van der Waals surface area contributed by atoms with Crippen molar-refractivity contribution in [3.63, 3.8) is 0 Å². The summed E-state index contributed by atoms with van der Waals surface area (Å²) in [6, 6.07) is 15.8. The van der Waals surface area contributed by atoms with Crippen LogP contribution >= 0.6 is 11.6 Å². The minimum Gasteiger partial charge on any atom is -0.300 e. The van der Waals surface area contributed by atoms with E-state index >= 15 is 0 Å². The van der Waals surface area contributed by atoms with Crippen molar-refractivity contribution in [3.05, 3.63) is 88.7 Å². The molecule has 0 spiro atoms. The molecule has 2 aromatic carbocycles. The van der Waals surface area contributed by atoms with Crippen LogP contribution in [0.25, 0.3) is 0 Å². The molecule has 3 rings (SSSR count). The molecule has 0 aliphatic rings. The second kappa shape index (κ2) is 8.25. The summed E-state index contributed by atoms with van der Waals surface area (Å²) in [4.78, 5) is 17.4. The van der Waals surface area contributed by atoms with E-state index in [9.17, 15) is 9.00 Å². The molecule has 0 amide bonds. The number of benzene rings is 2. The topological polar surface area (TPSA) is 59.1 Å². The van der Waals surface area contributed by atoms with Crippen LogP contribution in [0.15, 0.2) is 71.9 Å². The van der Waals surface area contributed by atoms with E-state index in [0.29, 0.717) is 26.7 Å². The number of carbonyl (C=O) groups is 1. The average Bonchev–Trinajstić information content (AvgIpc) is 2.69. The number of nitrogens with one attached hydrogen (secondary N) is 1. The van der Waals surface area contributed by atoms with Crippen LogP contribution in [0.2, 0.25) is 5.02 Å². The Morgan fingerprint density at radius 1 is 1.00 bits per heavy atom. The molecule has 0 bridgehead atoms.